The molecular formula is C23H22F6N4O4S. The van der Waals surface area contributed by atoms with E-state index in [1.54, 1.807) is 35.0 Å². The molecule has 38 heavy (non-hydrogen) atoms. The highest BCUT2D eigenvalue weighted by molar-refractivity contribution is 7.87. The summed E-state index contributed by atoms with van der Waals surface area (Å²) in [6, 6.07) is 12.3. The Bertz CT molecular complexity index is 1380. The molecule has 2 heterocycles. The molecule has 0 spiro atoms. The fraction of sp³-hybridized carbons (Fsp3) is 0.348. The molecule has 0 amide bonds. The molecule has 4 rings (SSSR count). The zero-order valence-electron chi connectivity index (χ0n) is 19.7. The molecule has 1 saturated heterocycles. The lowest BCUT2D eigenvalue weighted by molar-refractivity contribution is -0.137. The molecule has 8 nitrogen and oxygen atoms in total. The summed E-state index contributed by atoms with van der Waals surface area (Å²) in [5.41, 5.74) is -0.505. The quantitative estimate of drug-likeness (QED) is 0.371. The fourth-order valence-corrected chi connectivity index (χ4v) is 4.96. The first kappa shape index (κ1) is 27.9. The summed E-state index contributed by atoms with van der Waals surface area (Å²) in [5, 5.41) is 4.32. The largest absolute Gasteiger partial charge is 0.438 e. The van der Waals surface area contributed by atoms with Crippen molar-refractivity contribution >= 4 is 10.2 Å². The van der Waals surface area contributed by atoms with Gasteiger partial charge >= 0.3 is 12.4 Å². The lowest BCUT2D eigenvalue weighted by Crippen LogP contribution is -2.61. The topological polar surface area (TPSA) is 94.5 Å². The van der Waals surface area contributed by atoms with Crippen molar-refractivity contribution in [3.8, 4) is 22.9 Å². The number of aryl methyl sites for hydroxylation is 1. The van der Waals surface area contributed by atoms with Gasteiger partial charge in [0.2, 0.25) is 5.88 Å². The van der Waals surface area contributed by atoms with Gasteiger partial charge in [-0.15, -0.1) is 5.10 Å². The molecule has 15 heteroatoms. The summed E-state index contributed by atoms with van der Waals surface area (Å²) in [6.07, 6.45) is -9.21. The molecule has 206 valence electrons. The summed E-state index contributed by atoms with van der Waals surface area (Å²) in [4.78, 5) is 0. The summed E-state index contributed by atoms with van der Waals surface area (Å²) < 4.78 is 117. The molecule has 0 bridgehead atoms. The number of aromatic nitrogens is 2. The van der Waals surface area contributed by atoms with Crippen LogP contribution in [0.4, 0.5) is 26.3 Å². The van der Waals surface area contributed by atoms with Gasteiger partial charge < -0.3 is 9.47 Å². The molecule has 1 aliphatic rings. The maximum Gasteiger partial charge on any atom is 0.416 e. The Hall–Kier alpha value is -3.14. The smallest absolute Gasteiger partial charge is 0.416 e. The number of hydrogen-bond donors (Lipinski definition) is 2. The second-order valence-electron chi connectivity index (χ2n) is 8.51. The minimum atomic E-state index is -4.73. The van der Waals surface area contributed by atoms with Crippen molar-refractivity contribution in [2.24, 2.45) is 0 Å². The van der Waals surface area contributed by atoms with Crippen LogP contribution in [0.5, 0.6) is 11.6 Å². The Morgan fingerprint density at radius 1 is 1.05 bits per heavy atom. The van der Waals surface area contributed by atoms with Crippen molar-refractivity contribution in [1.82, 2.24) is 19.2 Å². The Morgan fingerprint density at radius 3 is 2.29 bits per heavy atom. The predicted octanol–water partition coefficient (Wildman–Crippen LogP) is 4.59. The second kappa shape index (κ2) is 10.2. The first-order valence-electron chi connectivity index (χ1n) is 11.2. The van der Waals surface area contributed by atoms with Crippen LogP contribution in [0.1, 0.15) is 18.1 Å². The number of nitrogens with zero attached hydrogens (tertiary/aromatic N) is 2. The van der Waals surface area contributed by atoms with Gasteiger partial charge in [0, 0.05) is 18.2 Å². The van der Waals surface area contributed by atoms with Crippen LogP contribution in [0.25, 0.3) is 11.3 Å². The highest BCUT2D eigenvalue weighted by atomic mass is 32.2. The van der Waals surface area contributed by atoms with Crippen LogP contribution in [0.2, 0.25) is 0 Å². The van der Waals surface area contributed by atoms with E-state index in [0.717, 1.165) is 12.1 Å². The number of halogens is 6. The van der Waals surface area contributed by atoms with Gasteiger partial charge in [-0.25, -0.2) is 0 Å². The highest BCUT2D eigenvalue weighted by Crippen LogP contribution is 2.35. The van der Waals surface area contributed by atoms with Crippen LogP contribution >= 0.6 is 0 Å². The monoisotopic (exact) mass is 564 g/mol. The van der Waals surface area contributed by atoms with E-state index in [1.807, 2.05) is 6.92 Å². The average molecular weight is 565 g/mol. The van der Waals surface area contributed by atoms with Crippen molar-refractivity contribution in [2.45, 2.75) is 31.4 Å². The van der Waals surface area contributed by atoms with E-state index in [2.05, 4.69) is 9.82 Å². The highest BCUT2D eigenvalue weighted by Gasteiger charge is 2.44. The Kier molecular flexibility index (Phi) is 7.49. The first-order chi connectivity index (χ1) is 17.7. The Morgan fingerprint density at radius 2 is 1.74 bits per heavy atom. The van der Waals surface area contributed by atoms with Gasteiger partial charge in [0.15, 0.2) is 0 Å². The van der Waals surface area contributed by atoms with Gasteiger partial charge in [0.1, 0.15) is 17.8 Å². The van der Waals surface area contributed by atoms with E-state index in [4.69, 9.17) is 9.47 Å². The van der Waals surface area contributed by atoms with E-state index in [9.17, 15) is 34.8 Å². The normalized spacial score (nSPS) is 15.8. The molecule has 0 saturated carbocycles. The van der Waals surface area contributed by atoms with Gasteiger partial charge in [0.05, 0.1) is 24.5 Å². The lowest BCUT2D eigenvalue weighted by atomic mass is 9.88. The third kappa shape index (κ3) is 6.46. The number of rotatable bonds is 9. The van der Waals surface area contributed by atoms with Crippen molar-refractivity contribution in [3.63, 3.8) is 0 Å². The van der Waals surface area contributed by atoms with Crippen molar-refractivity contribution in [1.29, 1.82) is 0 Å². The van der Waals surface area contributed by atoms with Gasteiger partial charge in [-0.3, -0.25) is 4.68 Å². The van der Waals surface area contributed by atoms with Gasteiger partial charge in [-0.2, -0.15) is 44.2 Å². The van der Waals surface area contributed by atoms with Gasteiger partial charge in [-0.05, 0) is 42.8 Å². The maximum absolute atomic E-state index is 12.8. The van der Waals surface area contributed by atoms with E-state index in [-0.39, 0.29) is 24.8 Å². The molecule has 1 aliphatic heterocycles. The average Bonchev–Trinajstić information content (AvgIpc) is 3.22. The lowest BCUT2D eigenvalue weighted by Gasteiger charge is -2.42. The molecule has 0 atom stereocenters. The summed E-state index contributed by atoms with van der Waals surface area (Å²) in [7, 11) is -4.52. The van der Waals surface area contributed by atoms with E-state index < -0.39 is 40.2 Å². The molecule has 2 aromatic carbocycles. The molecule has 0 radical (unpaired) electrons. The third-order valence-corrected chi connectivity index (χ3v) is 6.85. The third-order valence-electron chi connectivity index (χ3n) is 5.66. The number of benzene rings is 2. The van der Waals surface area contributed by atoms with Crippen LogP contribution < -0.4 is 14.2 Å². The second-order valence-corrected chi connectivity index (χ2v) is 10.0. The first-order valence-corrected chi connectivity index (χ1v) is 12.6. The van der Waals surface area contributed by atoms with Crippen LogP contribution in [0, 0.1) is 0 Å². The minimum absolute atomic E-state index is 0.0985. The molecule has 1 aromatic heterocycles. The SMILES string of the molecule is CCn1nc(Oc2ccc(C(F)(F)F)cc2)cc1-c1cccc(C2(NS(=O)(=O)NCC(F)(F)F)COC2)c1. The van der Waals surface area contributed by atoms with E-state index in [1.165, 1.54) is 16.9 Å². The van der Waals surface area contributed by atoms with Gasteiger partial charge in [-0.1, -0.05) is 18.2 Å². The zero-order valence-corrected chi connectivity index (χ0v) is 20.5. The molecular weight excluding hydrogens is 542 g/mol. The Balaban J connectivity index is 1.57. The molecule has 3 aromatic rings. The predicted molar refractivity (Wildman–Crippen MR) is 123 cm³/mol. The van der Waals surface area contributed by atoms with Crippen molar-refractivity contribution in [2.75, 3.05) is 19.8 Å². The van der Waals surface area contributed by atoms with Crippen LogP contribution in [0.15, 0.2) is 54.6 Å². The van der Waals surface area contributed by atoms with Crippen LogP contribution in [0.3, 0.4) is 0 Å². The number of nitrogens with one attached hydrogen (secondary N) is 2. The van der Waals surface area contributed by atoms with Crippen LogP contribution in [-0.4, -0.2) is 44.1 Å². The zero-order chi connectivity index (χ0) is 27.8. The summed E-state index contributed by atoms with van der Waals surface area (Å²) in [5.74, 6) is 0.260. The molecule has 0 aliphatic carbocycles. The van der Waals surface area contributed by atoms with Crippen molar-refractivity contribution < 1.29 is 44.2 Å². The number of ether oxygens (including phenoxy) is 2. The molecule has 1 fully saturated rings. The van der Waals surface area contributed by atoms with Crippen LogP contribution in [-0.2, 0) is 33.2 Å². The van der Waals surface area contributed by atoms with Crippen molar-refractivity contribution in [3.05, 3.63) is 65.7 Å². The number of hydrogen-bond acceptors (Lipinski definition) is 5. The fourth-order valence-electron chi connectivity index (χ4n) is 3.79. The standard InChI is InChI=1S/C23H22F6N4O4S/c1-2-33-19(11-20(31-33)37-18-8-6-16(7-9-18)23(27,28)29)15-4-3-5-17(10-15)21(13-36-14-21)32-38(34,35)30-12-22(24,25)26/h3-11,30,32H,2,12-14H2,1H3. The summed E-state index contributed by atoms with van der Waals surface area (Å²) >= 11 is 0. The molecule has 2 N–H and O–H groups in total. The van der Waals surface area contributed by atoms with E-state index in [0.29, 0.717) is 23.4 Å². The molecule has 0 unspecified atom stereocenters. The summed E-state index contributed by atoms with van der Waals surface area (Å²) in [6.45, 7) is 0.288. The number of alkyl halides is 6. The van der Waals surface area contributed by atoms with E-state index >= 15 is 0 Å². The Labute approximate surface area is 213 Å². The minimum Gasteiger partial charge on any atom is -0.438 e. The maximum atomic E-state index is 12.8. The van der Waals surface area contributed by atoms with Gasteiger partial charge in [0.25, 0.3) is 10.2 Å².